The molecule has 0 saturated carbocycles. The van der Waals surface area contributed by atoms with Crippen molar-refractivity contribution in [1.82, 2.24) is 0 Å². The van der Waals surface area contributed by atoms with Gasteiger partial charge in [-0.2, -0.15) is 0 Å². The molecule has 3 N–H and O–H groups in total. The second-order valence-corrected chi connectivity index (χ2v) is 6.35. The largest absolute Gasteiger partial charge is 0.493 e. The van der Waals surface area contributed by atoms with Crippen molar-refractivity contribution in [2.75, 3.05) is 43.3 Å². The van der Waals surface area contributed by atoms with Crippen LogP contribution in [0.25, 0.3) is 0 Å². The molecule has 1 amide bonds. The van der Waals surface area contributed by atoms with Gasteiger partial charge in [0.15, 0.2) is 11.5 Å². The summed E-state index contributed by atoms with van der Waals surface area (Å²) in [7, 11) is 3.11. The Labute approximate surface area is 153 Å². The number of amides is 1. The van der Waals surface area contributed by atoms with Crippen LogP contribution in [0.3, 0.4) is 0 Å². The minimum Gasteiger partial charge on any atom is -0.493 e. The van der Waals surface area contributed by atoms with Crippen molar-refractivity contribution in [2.24, 2.45) is 0 Å². The van der Waals surface area contributed by atoms with E-state index < -0.39 is 0 Å². The zero-order valence-electron chi connectivity index (χ0n) is 15.2. The molecule has 0 unspecified atom stereocenters. The predicted molar refractivity (Wildman–Crippen MR) is 104 cm³/mol. The quantitative estimate of drug-likeness (QED) is 0.803. The van der Waals surface area contributed by atoms with Crippen LogP contribution in [0.15, 0.2) is 36.4 Å². The maximum absolute atomic E-state index is 12.8. The molecule has 2 aromatic rings. The summed E-state index contributed by atoms with van der Waals surface area (Å²) < 4.78 is 10.5. The average molecular weight is 355 g/mol. The number of benzene rings is 2. The van der Waals surface area contributed by atoms with Gasteiger partial charge in [-0.05, 0) is 55.7 Å². The first-order chi connectivity index (χ1) is 12.6. The minimum atomic E-state index is -0.213. The van der Waals surface area contributed by atoms with Crippen molar-refractivity contribution in [2.45, 2.75) is 19.3 Å². The number of ether oxygens (including phenoxy) is 2. The number of methoxy groups -OCH3 is 2. The first-order valence-corrected chi connectivity index (χ1v) is 8.80. The minimum absolute atomic E-state index is 0.213. The smallest absolute Gasteiger partial charge is 0.255 e. The highest BCUT2D eigenvalue weighted by molar-refractivity contribution is 6.06. The predicted octanol–water partition coefficient (Wildman–Crippen LogP) is 3.53. The first kappa shape index (κ1) is 17.9. The fourth-order valence-corrected chi connectivity index (χ4v) is 3.24. The van der Waals surface area contributed by atoms with Crippen molar-refractivity contribution in [1.29, 1.82) is 0 Å². The number of carbonyl (C=O) groups is 1. The van der Waals surface area contributed by atoms with Crippen LogP contribution in [0.2, 0.25) is 0 Å². The third kappa shape index (κ3) is 3.85. The molecule has 0 bridgehead atoms. The van der Waals surface area contributed by atoms with Gasteiger partial charge in [0.2, 0.25) is 0 Å². The Kier molecular flexibility index (Phi) is 5.51. The maximum Gasteiger partial charge on any atom is 0.255 e. The Hall–Kier alpha value is -2.89. The number of hydrogen-bond donors (Lipinski definition) is 2. The van der Waals surface area contributed by atoms with Gasteiger partial charge in [0.05, 0.1) is 25.6 Å². The molecule has 1 aliphatic rings. The van der Waals surface area contributed by atoms with Crippen LogP contribution in [0.5, 0.6) is 11.5 Å². The molecule has 1 aliphatic heterocycles. The van der Waals surface area contributed by atoms with E-state index in [0.717, 1.165) is 37.3 Å². The van der Waals surface area contributed by atoms with Crippen molar-refractivity contribution >= 4 is 23.0 Å². The van der Waals surface area contributed by atoms with Gasteiger partial charge in [-0.15, -0.1) is 0 Å². The highest BCUT2D eigenvalue weighted by Crippen LogP contribution is 2.32. The summed E-state index contributed by atoms with van der Waals surface area (Å²) in [5, 5.41) is 3.00. The van der Waals surface area contributed by atoms with Gasteiger partial charge in [0.1, 0.15) is 0 Å². The summed E-state index contributed by atoms with van der Waals surface area (Å²) in [6, 6.07) is 10.8. The number of nitrogens with two attached hydrogens (primary N) is 1. The monoisotopic (exact) mass is 355 g/mol. The Bertz CT molecular complexity index is 786. The summed E-state index contributed by atoms with van der Waals surface area (Å²) in [6.07, 6.45) is 3.57. The average Bonchev–Trinajstić information content (AvgIpc) is 2.68. The standard InChI is InChI=1S/C20H25N3O3/c1-25-18-9-6-14(12-19(18)26-2)20(24)22-16-13-15(21)7-8-17(16)23-10-4-3-5-11-23/h6-9,12-13H,3-5,10-11,21H2,1-2H3,(H,22,24). The van der Waals surface area contributed by atoms with E-state index in [0.29, 0.717) is 22.7 Å². The third-order valence-electron chi connectivity index (χ3n) is 4.61. The lowest BCUT2D eigenvalue weighted by atomic mass is 10.1. The van der Waals surface area contributed by atoms with E-state index in [1.165, 1.54) is 6.42 Å². The van der Waals surface area contributed by atoms with Crippen LogP contribution >= 0.6 is 0 Å². The third-order valence-corrected chi connectivity index (χ3v) is 4.61. The SMILES string of the molecule is COc1ccc(C(=O)Nc2cc(N)ccc2N2CCCCC2)cc1OC. The molecule has 0 radical (unpaired) electrons. The lowest BCUT2D eigenvalue weighted by Gasteiger charge is -2.30. The summed E-state index contributed by atoms with van der Waals surface area (Å²) in [6.45, 7) is 1.98. The molecule has 0 aromatic heterocycles. The van der Waals surface area contributed by atoms with Gasteiger partial charge in [-0.3, -0.25) is 4.79 Å². The number of hydrogen-bond acceptors (Lipinski definition) is 5. The molecule has 1 saturated heterocycles. The fourth-order valence-electron chi connectivity index (χ4n) is 3.24. The van der Waals surface area contributed by atoms with Gasteiger partial charge in [0, 0.05) is 24.3 Å². The van der Waals surface area contributed by atoms with Crippen molar-refractivity contribution in [3.8, 4) is 11.5 Å². The second kappa shape index (κ2) is 7.99. The van der Waals surface area contributed by atoms with Gasteiger partial charge in [-0.25, -0.2) is 0 Å². The number of piperidine rings is 1. The van der Waals surface area contributed by atoms with E-state index >= 15 is 0 Å². The van der Waals surface area contributed by atoms with Crippen molar-refractivity contribution < 1.29 is 14.3 Å². The molecule has 0 spiro atoms. The van der Waals surface area contributed by atoms with Gasteiger partial charge in [-0.1, -0.05) is 0 Å². The molecule has 6 nitrogen and oxygen atoms in total. The molecule has 1 fully saturated rings. The highest BCUT2D eigenvalue weighted by atomic mass is 16.5. The molecular formula is C20H25N3O3. The van der Waals surface area contributed by atoms with Crippen molar-refractivity contribution in [3.05, 3.63) is 42.0 Å². The summed E-state index contributed by atoms with van der Waals surface area (Å²) in [4.78, 5) is 15.1. The second-order valence-electron chi connectivity index (χ2n) is 6.35. The lowest BCUT2D eigenvalue weighted by molar-refractivity contribution is 0.102. The molecular weight excluding hydrogens is 330 g/mol. The molecule has 3 rings (SSSR count). The molecule has 2 aromatic carbocycles. The van der Waals surface area contributed by atoms with E-state index in [1.54, 1.807) is 32.4 Å². The van der Waals surface area contributed by atoms with Crippen LogP contribution < -0.4 is 25.4 Å². The van der Waals surface area contributed by atoms with Crippen LogP contribution in [0.1, 0.15) is 29.6 Å². The van der Waals surface area contributed by atoms with Gasteiger partial charge >= 0.3 is 0 Å². The zero-order chi connectivity index (χ0) is 18.5. The molecule has 0 atom stereocenters. The highest BCUT2D eigenvalue weighted by Gasteiger charge is 2.17. The van der Waals surface area contributed by atoms with E-state index in [-0.39, 0.29) is 5.91 Å². The Morgan fingerprint density at radius 1 is 1.00 bits per heavy atom. The number of nitrogens with one attached hydrogen (secondary N) is 1. The van der Waals surface area contributed by atoms with Crippen LogP contribution in [0.4, 0.5) is 17.1 Å². The molecule has 138 valence electrons. The van der Waals surface area contributed by atoms with Crippen LogP contribution in [-0.4, -0.2) is 33.2 Å². The zero-order valence-corrected chi connectivity index (χ0v) is 15.2. The fraction of sp³-hybridized carbons (Fsp3) is 0.350. The van der Waals surface area contributed by atoms with E-state index in [2.05, 4.69) is 10.2 Å². The summed E-state index contributed by atoms with van der Waals surface area (Å²) in [5.74, 6) is 0.890. The Morgan fingerprint density at radius 2 is 1.73 bits per heavy atom. The number of nitrogens with zero attached hydrogens (tertiary/aromatic N) is 1. The van der Waals surface area contributed by atoms with Crippen LogP contribution in [-0.2, 0) is 0 Å². The number of carbonyl (C=O) groups excluding carboxylic acids is 1. The number of anilines is 3. The Balaban J connectivity index is 1.86. The topological polar surface area (TPSA) is 76.8 Å². The summed E-state index contributed by atoms with van der Waals surface area (Å²) in [5.41, 5.74) is 8.80. The van der Waals surface area contributed by atoms with E-state index in [1.807, 2.05) is 18.2 Å². The normalized spacial score (nSPS) is 14.0. The molecule has 26 heavy (non-hydrogen) atoms. The number of nitrogen functional groups attached to an aromatic ring is 1. The van der Waals surface area contributed by atoms with E-state index in [4.69, 9.17) is 15.2 Å². The first-order valence-electron chi connectivity index (χ1n) is 8.80. The summed E-state index contributed by atoms with van der Waals surface area (Å²) >= 11 is 0. The molecule has 1 heterocycles. The van der Waals surface area contributed by atoms with Crippen LogP contribution in [0, 0.1) is 0 Å². The van der Waals surface area contributed by atoms with E-state index in [9.17, 15) is 4.79 Å². The van der Waals surface area contributed by atoms with Gasteiger partial charge < -0.3 is 25.4 Å². The number of rotatable bonds is 5. The Morgan fingerprint density at radius 3 is 2.42 bits per heavy atom. The molecule has 0 aliphatic carbocycles. The lowest BCUT2D eigenvalue weighted by Crippen LogP contribution is -2.30. The maximum atomic E-state index is 12.8. The van der Waals surface area contributed by atoms with Crippen molar-refractivity contribution in [3.63, 3.8) is 0 Å². The molecule has 6 heteroatoms. The van der Waals surface area contributed by atoms with Gasteiger partial charge in [0.25, 0.3) is 5.91 Å².